The summed E-state index contributed by atoms with van der Waals surface area (Å²) in [5, 5.41) is 8.67. The Labute approximate surface area is 114 Å². The first-order valence-corrected chi connectivity index (χ1v) is 8.26. The van der Waals surface area contributed by atoms with Gasteiger partial charge in [0.25, 0.3) is 0 Å². The maximum atomic E-state index is 8.67. The highest BCUT2D eigenvalue weighted by atomic mass is 16.2. The van der Waals surface area contributed by atoms with Crippen LogP contribution in [0.2, 0.25) is 0 Å². The quantitative estimate of drug-likeness (QED) is 0.565. The molecule has 108 valence electrons. The summed E-state index contributed by atoms with van der Waals surface area (Å²) < 4.78 is 0. The second-order valence-electron chi connectivity index (χ2n) is 5.81. The Morgan fingerprint density at radius 3 is 1.67 bits per heavy atom. The number of aliphatic hydroxyl groups is 1. The molecule has 0 bridgehead atoms. The van der Waals surface area contributed by atoms with E-state index < -0.39 is 0 Å². The van der Waals surface area contributed by atoms with Gasteiger partial charge in [0.1, 0.15) is 0 Å². The van der Waals surface area contributed by atoms with Crippen LogP contribution in [0, 0.1) is 0 Å². The minimum Gasteiger partial charge on any atom is -0.396 e. The van der Waals surface area contributed by atoms with E-state index in [0.29, 0.717) is 6.61 Å². The number of hydrogen-bond donors (Lipinski definition) is 1. The molecule has 0 saturated carbocycles. The number of hydrogen-bond acceptors (Lipinski definition) is 2. The van der Waals surface area contributed by atoms with Gasteiger partial charge in [-0.1, -0.05) is 51.4 Å². The van der Waals surface area contributed by atoms with Crippen molar-refractivity contribution in [2.24, 2.45) is 0 Å². The zero-order valence-electron chi connectivity index (χ0n) is 12.2. The molecule has 1 aliphatic rings. The highest BCUT2D eigenvalue weighted by molar-refractivity contribution is 4.64. The number of rotatable bonds is 11. The number of piperidine rings is 1. The Morgan fingerprint density at radius 2 is 1.11 bits per heavy atom. The first kappa shape index (κ1) is 16.0. The first-order valence-electron chi connectivity index (χ1n) is 8.26. The highest BCUT2D eigenvalue weighted by Crippen LogP contribution is 2.12. The summed E-state index contributed by atoms with van der Waals surface area (Å²) in [7, 11) is 0. The van der Waals surface area contributed by atoms with Crippen LogP contribution in [0.3, 0.4) is 0 Å². The molecule has 18 heavy (non-hydrogen) atoms. The van der Waals surface area contributed by atoms with Crippen molar-refractivity contribution in [3.63, 3.8) is 0 Å². The van der Waals surface area contributed by atoms with Gasteiger partial charge in [0.05, 0.1) is 0 Å². The molecule has 1 saturated heterocycles. The lowest BCUT2D eigenvalue weighted by atomic mass is 10.1. The molecular formula is C16H33NO. The molecule has 1 N–H and O–H groups in total. The Kier molecular flexibility index (Phi) is 10.6. The summed E-state index contributed by atoms with van der Waals surface area (Å²) in [4.78, 5) is 2.65. The van der Waals surface area contributed by atoms with Crippen molar-refractivity contribution in [3.8, 4) is 0 Å². The monoisotopic (exact) mass is 255 g/mol. The molecule has 0 atom stereocenters. The van der Waals surface area contributed by atoms with Crippen LogP contribution in [0.15, 0.2) is 0 Å². The number of likely N-dealkylation sites (tertiary alicyclic amines) is 1. The van der Waals surface area contributed by atoms with Crippen molar-refractivity contribution >= 4 is 0 Å². The van der Waals surface area contributed by atoms with Gasteiger partial charge in [0, 0.05) is 6.61 Å². The van der Waals surface area contributed by atoms with Crippen LogP contribution in [0.25, 0.3) is 0 Å². The van der Waals surface area contributed by atoms with Crippen LogP contribution < -0.4 is 0 Å². The number of unbranched alkanes of at least 4 members (excludes halogenated alkanes) is 8. The molecule has 2 nitrogen and oxygen atoms in total. The molecule has 0 aromatic carbocycles. The highest BCUT2D eigenvalue weighted by Gasteiger charge is 2.08. The van der Waals surface area contributed by atoms with Gasteiger partial charge in [0.15, 0.2) is 0 Å². The van der Waals surface area contributed by atoms with Crippen molar-refractivity contribution in [2.45, 2.75) is 77.0 Å². The fourth-order valence-electron chi connectivity index (χ4n) is 2.87. The molecule has 1 fully saturated rings. The number of nitrogens with zero attached hydrogens (tertiary/aromatic N) is 1. The molecule has 0 radical (unpaired) electrons. The average Bonchev–Trinajstić information content (AvgIpc) is 2.42. The average molecular weight is 255 g/mol. The van der Waals surface area contributed by atoms with Crippen LogP contribution >= 0.6 is 0 Å². The maximum absolute atomic E-state index is 8.67. The second kappa shape index (κ2) is 12.0. The first-order chi connectivity index (χ1) is 8.93. The van der Waals surface area contributed by atoms with Gasteiger partial charge in [-0.15, -0.1) is 0 Å². The predicted molar refractivity (Wildman–Crippen MR) is 78.9 cm³/mol. The Balaban J connectivity index is 1.73. The largest absolute Gasteiger partial charge is 0.396 e. The van der Waals surface area contributed by atoms with Crippen molar-refractivity contribution < 1.29 is 5.11 Å². The van der Waals surface area contributed by atoms with Gasteiger partial charge in [-0.05, 0) is 45.3 Å². The van der Waals surface area contributed by atoms with E-state index in [1.807, 2.05) is 0 Å². The lowest BCUT2D eigenvalue weighted by Crippen LogP contribution is -2.30. The van der Waals surface area contributed by atoms with Crippen molar-refractivity contribution in [2.75, 3.05) is 26.2 Å². The molecule has 0 aliphatic carbocycles. The molecule has 0 aromatic heterocycles. The Hall–Kier alpha value is -0.0800. The van der Waals surface area contributed by atoms with Gasteiger partial charge in [-0.25, -0.2) is 0 Å². The van der Waals surface area contributed by atoms with Crippen LogP contribution in [0.4, 0.5) is 0 Å². The molecule has 1 aliphatic heterocycles. The Morgan fingerprint density at radius 1 is 0.611 bits per heavy atom. The van der Waals surface area contributed by atoms with Crippen LogP contribution in [-0.4, -0.2) is 36.2 Å². The summed E-state index contributed by atoms with van der Waals surface area (Å²) in [6, 6.07) is 0. The number of aliphatic hydroxyl groups excluding tert-OH is 1. The van der Waals surface area contributed by atoms with Crippen LogP contribution in [0.1, 0.15) is 77.0 Å². The van der Waals surface area contributed by atoms with Gasteiger partial charge in [0.2, 0.25) is 0 Å². The molecule has 2 heteroatoms. The summed E-state index contributed by atoms with van der Waals surface area (Å²) in [5.41, 5.74) is 0. The van der Waals surface area contributed by atoms with Crippen LogP contribution in [-0.2, 0) is 0 Å². The van der Waals surface area contributed by atoms with Gasteiger partial charge < -0.3 is 10.0 Å². The molecule has 0 aromatic rings. The molecule has 1 rings (SSSR count). The normalized spacial score (nSPS) is 17.2. The summed E-state index contributed by atoms with van der Waals surface area (Å²) >= 11 is 0. The fraction of sp³-hybridized carbons (Fsp3) is 1.00. The Bertz CT molecular complexity index is 166. The summed E-state index contributed by atoms with van der Waals surface area (Å²) in [6.07, 6.45) is 16.3. The molecular weight excluding hydrogens is 222 g/mol. The van der Waals surface area contributed by atoms with Gasteiger partial charge in [-0.3, -0.25) is 0 Å². The lowest BCUT2D eigenvalue weighted by Gasteiger charge is -2.26. The van der Waals surface area contributed by atoms with E-state index in [9.17, 15) is 0 Å². The van der Waals surface area contributed by atoms with E-state index in [0.717, 1.165) is 6.42 Å². The van der Waals surface area contributed by atoms with E-state index in [1.165, 1.54) is 90.3 Å². The van der Waals surface area contributed by atoms with Crippen molar-refractivity contribution in [1.82, 2.24) is 4.90 Å². The lowest BCUT2D eigenvalue weighted by molar-refractivity contribution is 0.224. The minimum atomic E-state index is 0.372. The zero-order chi connectivity index (χ0) is 12.9. The van der Waals surface area contributed by atoms with E-state index >= 15 is 0 Å². The minimum absolute atomic E-state index is 0.372. The van der Waals surface area contributed by atoms with Crippen LogP contribution in [0.5, 0.6) is 0 Å². The fourth-order valence-corrected chi connectivity index (χ4v) is 2.87. The SMILES string of the molecule is OCCCCCCCCCCCN1CCCCC1. The molecule has 0 amide bonds. The third kappa shape index (κ3) is 8.93. The smallest absolute Gasteiger partial charge is 0.0431 e. The molecule has 1 heterocycles. The van der Waals surface area contributed by atoms with E-state index in [4.69, 9.17) is 5.11 Å². The molecule has 0 spiro atoms. The molecule has 0 unspecified atom stereocenters. The van der Waals surface area contributed by atoms with E-state index in [2.05, 4.69) is 4.90 Å². The predicted octanol–water partition coefficient (Wildman–Crippen LogP) is 3.98. The van der Waals surface area contributed by atoms with E-state index in [-0.39, 0.29) is 0 Å². The third-order valence-electron chi connectivity index (χ3n) is 4.08. The van der Waals surface area contributed by atoms with Gasteiger partial charge >= 0.3 is 0 Å². The zero-order valence-corrected chi connectivity index (χ0v) is 12.2. The van der Waals surface area contributed by atoms with Gasteiger partial charge in [-0.2, -0.15) is 0 Å². The second-order valence-corrected chi connectivity index (χ2v) is 5.81. The topological polar surface area (TPSA) is 23.5 Å². The summed E-state index contributed by atoms with van der Waals surface area (Å²) in [5.74, 6) is 0. The maximum Gasteiger partial charge on any atom is 0.0431 e. The summed E-state index contributed by atoms with van der Waals surface area (Å²) in [6.45, 7) is 4.42. The standard InChI is InChI=1S/C16H33NO/c18-16-12-7-5-3-1-2-4-6-9-13-17-14-10-8-11-15-17/h18H,1-16H2. The van der Waals surface area contributed by atoms with Crippen molar-refractivity contribution in [3.05, 3.63) is 0 Å². The third-order valence-corrected chi connectivity index (χ3v) is 4.08. The van der Waals surface area contributed by atoms with E-state index in [1.54, 1.807) is 0 Å². The van der Waals surface area contributed by atoms with Crippen molar-refractivity contribution in [1.29, 1.82) is 0 Å².